The molecule has 0 atom stereocenters. The largest absolute Gasteiger partial charge is 0.356 e. The lowest BCUT2D eigenvalue weighted by atomic mass is 10.1. The van der Waals surface area contributed by atoms with Gasteiger partial charge in [-0.3, -0.25) is 0 Å². The first-order valence-corrected chi connectivity index (χ1v) is 6.05. The van der Waals surface area contributed by atoms with Crippen LogP contribution < -0.4 is 0 Å². The summed E-state index contributed by atoms with van der Waals surface area (Å²) < 4.78 is 5.15. The molecular weight excluding hydrogens is 301 g/mol. The molecule has 0 spiro atoms. The van der Waals surface area contributed by atoms with Crippen molar-refractivity contribution in [2.75, 3.05) is 0 Å². The molecule has 5 heteroatoms. The van der Waals surface area contributed by atoms with Crippen LogP contribution in [0.4, 0.5) is 0 Å². The van der Waals surface area contributed by atoms with Gasteiger partial charge >= 0.3 is 0 Å². The van der Waals surface area contributed by atoms with Gasteiger partial charge < -0.3 is 4.52 Å². The van der Waals surface area contributed by atoms with Crippen molar-refractivity contribution < 1.29 is 4.52 Å². The minimum Gasteiger partial charge on any atom is -0.356 e. The number of halogens is 3. The van der Waals surface area contributed by atoms with Crippen LogP contribution in [0.2, 0.25) is 10.0 Å². The summed E-state index contributed by atoms with van der Waals surface area (Å²) in [5, 5.41) is 5.67. The van der Waals surface area contributed by atoms with Gasteiger partial charge in [0.15, 0.2) is 5.76 Å². The summed E-state index contributed by atoms with van der Waals surface area (Å²) in [6.45, 7) is 0. The van der Waals surface area contributed by atoms with E-state index in [1.807, 2.05) is 12.1 Å². The molecule has 2 rings (SSSR count). The van der Waals surface area contributed by atoms with Gasteiger partial charge in [0.05, 0.1) is 10.7 Å². The van der Waals surface area contributed by atoms with E-state index in [1.54, 1.807) is 12.1 Å². The van der Waals surface area contributed by atoms with Gasteiger partial charge in [-0.25, -0.2) is 0 Å². The molecule has 2 aromatic rings. The number of aromatic nitrogens is 1. The zero-order valence-electron chi connectivity index (χ0n) is 7.51. The smallest absolute Gasteiger partial charge is 0.168 e. The first kappa shape index (κ1) is 11.0. The Morgan fingerprint density at radius 1 is 1.27 bits per heavy atom. The van der Waals surface area contributed by atoms with Crippen molar-refractivity contribution in [2.24, 2.45) is 0 Å². The Bertz CT molecular complexity index is 484. The van der Waals surface area contributed by atoms with Gasteiger partial charge in [-0.15, -0.1) is 0 Å². The fourth-order valence-electron chi connectivity index (χ4n) is 1.19. The Labute approximate surface area is 105 Å². The molecule has 1 heterocycles. The maximum atomic E-state index is 6.03. The summed E-state index contributed by atoms with van der Waals surface area (Å²) in [4.78, 5) is 0. The summed E-state index contributed by atoms with van der Waals surface area (Å²) in [5.41, 5.74) is 1.62. The SMILES string of the molecule is Clc1ccc(-c2cc(CBr)no2)c(Cl)c1. The van der Waals surface area contributed by atoms with E-state index < -0.39 is 0 Å². The third-order valence-corrected chi connectivity index (χ3v) is 3.01. The van der Waals surface area contributed by atoms with E-state index in [0.717, 1.165) is 11.3 Å². The number of hydrogen-bond donors (Lipinski definition) is 0. The van der Waals surface area contributed by atoms with E-state index in [0.29, 0.717) is 21.1 Å². The molecule has 0 radical (unpaired) electrons. The quantitative estimate of drug-likeness (QED) is 0.761. The van der Waals surface area contributed by atoms with Crippen molar-refractivity contribution in [1.29, 1.82) is 0 Å². The highest BCUT2D eigenvalue weighted by molar-refractivity contribution is 9.08. The minimum atomic E-state index is 0.555. The second kappa shape index (κ2) is 4.56. The molecule has 78 valence electrons. The topological polar surface area (TPSA) is 26.0 Å². The van der Waals surface area contributed by atoms with E-state index >= 15 is 0 Å². The van der Waals surface area contributed by atoms with Crippen molar-refractivity contribution in [3.8, 4) is 11.3 Å². The third kappa shape index (κ3) is 2.36. The first-order valence-electron chi connectivity index (χ1n) is 4.17. The minimum absolute atomic E-state index is 0.555. The number of nitrogens with zero attached hydrogens (tertiary/aromatic N) is 1. The Morgan fingerprint density at radius 3 is 2.67 bits per heavy atom. The van der Waals surface area contributed by atoms with Crippen molar-refractivity contribution in [2.45, 2.75) is 5.33 Å². The lowest BCUT2D eigenvalue weighted by Crippen LogP contribution is -1.76. The van der Waals surface area contributed by atoms with E-state index in [9.17, 15) is 0 Å². The summed E-state index contributed by atoms with van der Waals surface area (Å²) in [6, 6.07) is 7.08. The highest BCUT2D eigenvalue weighted by Crippen LogP contribution is 2.30. The maximum absolute atomic E-state index is 6.03. The summed E-state index contributed by atoms with van der Waals surface area (Å²) in [5.74, 6) is 0.645. The van der Waals surface area contributed by atoms with Gasteiger partial charge in [0.2, 0.25) is 0 Å². The van der Waals surface area contributed by atoms with Crippen LogP contribution in [0, 0.1) is 0 Å². The van der Waals surface area contributed by atoms with Crippen molar-refractivity contribution in [3.05, 3.63) is 40.0 Å². The van der Waals surface area contributed by atoms with E-state index in [4.69, 9.17) is 27.7 Å². The van der Waals surface area contributed by atoms with Gasteiger partial charge in [-0.2, -0.15) is 0 Å². The third-order valence-electron chi connectivity index (χ3n) is 1.89. The van der Waals surface area contributed by atoms with Gasteiger partial charge in [0.25, 0.3) is 0 Å². The molecule has 1 aromatic heterocycles. The average molecular weight is 307 g/mol. The van der Waals surface area contributed by atoms with Crippen LogP contribution >= 0.6 is 39.1 Å². The molecule has 0 saturated carbocycles. The molecule has 0 aliphatic carbocycles. The molecule has 0 N–H and O–H groups in total. The van der Waals surface area contributed by atoms with Crippen molar-refractivity contribution in [3.63, 3.8) is 0 Å². The monoisotopic (exact) mass is 305 g/mol. The van der Waals surface area contributed by atoms with E-state index in [1.165, 1.54) is 0 Å². The number of alkyl halides is 1. The summed E-state index contributed by atoms with van der Waals surface area (Å²) in [6.07, 6.45) is 0. The molecule has 0 fully saturated rings. The molecule has 15 heavy (non-hydrogen) atoms. The summed E-state index contributed by atoms with van der Waals surface area (Å²) in [7, 11) is 0. The highest BCUT2D eigenvalue weighted by atomic mass is 79.9. The summed E-state index contributed by atoms with van der Waals surface area (Å²) >= 11 is 15.1. The van der Waals surface area contributed by atoms with Gasteiger partial charge in [-0.05, 0) is 18.2 Å². The Kier molecular flexibility index (Phi) is 3.34. The van der Waals surface area contributed by atoms with E-state index in [2.05, 4.69) is 21.1 Å². The number of hydrogen-bond acceptors (Lipinski definition) is 2. The first-order chi connectivity index (χ1) is 7.20. The second-order valence-corrected chi connectivity index (χ2v) is 4.34. The molecule has 1 aromatic carbocycles. The number of rotatable bonds is 2. The normalized spacial score (nSPS) is 10.6. The number of benzene rings is 1. The zero-order valence-corrected chi connectivity index (χ0v) is 10.6. The van der Waals surface area contributed by atoms with E-state index in [-0.39, 0.29) is 0 Å². The van der Waals surface area contributed by atoms with Crippen LogP contribution in [0.1, 0.15) is 5.69 Å². The van der Waals surface area contributed by atoms with Crippen LogP contribution in [0.15, 0.2) is 28.8 Å². The van der Waals surface area contributed by atoms with Crippen molar-refractivity contribution >= 4 is 39.1 Å². The molecule has 2 nitrogen and oxygen atoms in total. The highest BCUT2D eigenvalue weighted by Gasteiger charge is 2.09. The van der Waals surface area contributed by atoms with Crippen LogP contribution in [-0.2, 0) is 5.33 Å². The van der Waals surface area contributed by atoms with Crippen LogP contribution in [0.3, 0.4) is 0 Å². The van der Waals surface area contributed by atoms with Crippen molar-refractivity contribution in [1.82, 2.24) is 5.16 Å². The molecule has 0 unspecified atom stereocenters. The molecule has 0 saturated heterocycles. The fourth-order valence-corrected chi connectivity index (χ4v) is 1.96. The molecule has 0 aliphatic heterocycles. The van der Waals surface area contributed by atoms with Gasteiger partial charge in [0.1, 0.15) is 0 Å². The Morgan fingerprint density at radius 2 is 2.07 bits per heavy atom. The fraction of sp³-hybridized carbons (Fsp3) is 0.100. The average Bonchev–Trinajstić information content (AvgIpc) is 2.66. The Hall–Kier alpha value is -0.510. The van der Waals surface area contributed by atoms with Crippen LogP contribution in [0.25, 0.3) is 11.3 Å². The maximum Gasteiger partial charge on any atom is 0.168 e. The van der Waals surface area contributed by atoms with Gasteiger partial charge in [0, 0.05) is 22.0 Å². The Balaban J connectivity index is 2.44. The predicted molar refractivity (Wildman–Crippen MR) is 64.6 cm³/mol. The standard InChI is InChI=1S/C10H6BrCl2NO/c11-5-7-4-10(15-14-7)8-2-1-6(12)3-9(8)13/h1-4H,5H2. The van der Waals surface area contributed by atoms with Crippen LogP contribution in [-0.4, -0.2) is 5.16 Å². The lowest BCUT2D eigenvalue weighted by Gasteiger charge is -1.99. The zero-order chi connectivity index (χ0) is 10.8. The van der Waals surface area contributed by atoms with Crippen LogP contribution in [0.5, 0.6) is 0 Å². The lowest BCUT2D eigenvalue weighted by molar-refractivity contribution is 0.426. The second-order valence-electron chi connectivity index (χ2n) is 2.94. The predicted octanol–water partition coefficient (Wildman–Crippen LogP) is 4.54. The molecule has 0 bridgehead atoms. The molecule has 0 amide bonds. The molecule has 0 aliphatic rings. The molecular formula is C10H6BrCl2NO. The van der Waals surface area contributed by atoms with Gasteiger partial charge in [-0.1, -0.05) is 44.3 Å².